The maximum absolute atomic E-state index is 6.16. The van der Waals surface area contributed by atoms with E-state index in [1.807, 2.05) is 54.6 Å². The minimum Gasteiger partial charge on any atom is -0.268 e. The normalized spacial score (nSPS) is 11.5. The van der Waals surface area contributed by atoms with Crippen molar-refractivity contribution >= 4 is 32.7 Å². The summed E-state index contributed by atoms with van der Waals surface area (Å²) >= 11 is 9.57. The summed E-state index contributed by atoms with van der Waals surface area (Å²) in [5.74, 6) is 0. The van der Waals surface area contributed by atoms with Gasteiger partial charge in [0.2, 0.25) is 0 Å². The third kappa shape index (κ3) is 3.69. The Kier molecular flexibility index (Phi) is 4.35. The molecule has 17 heavy (non-hydrogen) atoms. The molecule has 2 aromatic carbocycles. The summed E-state index contributed by atoms with van der Waals surface area (Å²) in [6, 6.07) is 17.9. The monoisotopic (exact) mass is 307 g/mol. The molecule has 0 bridgehead atoms. The molecule has 0 aliphatic heterocycles. The van der Waals surface area contributed by atoms with Crippen LogP contribution in [0.25, 0.3) is 0 Å². The maximum atomic E-state index is 6.16. The molecule has 0 radical (unpaired) electrons. The van der Waals surface area contributed by atoms with Gasteiger partial charge in [-0.3, -0.25) is 4.99 Å². The predicted molar refractivity (Wildman–Crippen MR) is 76.7 cm³/mol. The lowest BCUT2D eigenvalue weighted by atomic mass is 10.2. The molecule has 0 amide bonds. The van der Waals surface area contributed by atoms with Crippen molar-refractivity contribution < 1.29 is 0 Å². The molecule has 0 unspecified atom stereocenters. The molecule has 0 saturated carbocycles. The Balaban J connectivity index is 2.12. The molecule has 0 spiro atoms. The van der Waals surface area contributed by atoms with Gasteiger partial charge in [0, 0.05) is 10.0 Å². The molecule has 2 rings (SSSR count). The van der Waals surface area contributed by atoms with E-state index in [0.29, 0.717) is 11.7 Å². The summed E-state index contributed by atoms with van der Waals surface area (Å²) < 4.78 is 1.00. The number of hydrogen-bond donors (Lipinski definition) is 0. The zero-order valence-electron chi connectivity index (χ0n) is 9.11. The molecule has 0 N–H and O–H groups in total. The van der Waals surface area contributed by atoms with Gasteiger partial charge >= 0.3 is 0 Å². The van der Waals surface area contributed by atoms with Gasteiger partial charge in [0.05, 0.1) is 6.54 Å². The second-order valence-corrected chi connectivity index (χ2v) is 4.88. The molecule has 0 aliphatic carbocycles. The van der Waals surface area contributed by atoms with Gasteiger partial charge in [-0.2, -0.15) is 0 Å². The minimum absolute atomic E-state index is 0.537. The molecule has 0 aliphatic rings. The van der Waals surface area contributed by atoms with Crippen LogP contribution in [-0.2, 0) is 6.54 Å². The largest absolute Gasteiger partial charge is 0.268 e. The van der Waals surface area contributed by atoms with E-state index in [1.165, 1.54) is 0 Å². The zero-order chi connectivity index (χ0) is 12.1. The Hall–Kier alpha value is -1.12. The number of rotatable bonds is 3. The predicted octanol–water partition coefficient (Wildman–Crippen LogP) is 4.63. The third-order valence-electron chi connectivity index (χ3n) is 2.31. The molecule has 0 aromatic heterocycles. The van der Waals surface area contributed by atoms with E-state index in [2.05, 4.69) is 20.9 Å². The van der Waals surface area contributed by atoms with Gasteiger partial charge in [0.15, 0.2) is 0 Å². The summed E-state index contributed by atoms with van der Waals surface area (Å²) in [6.45, 7) is 0.603. The fourth-order valence-electron chi connectivity index (χ4n) is 1.45. The number of nitrogens with zero attached hydrogens (tertiary/aromatic N) is 1. The van der Waals surface area contributed by atoms with Crippen molar-refractivity contribution in [3.8, 4) is 0 Å². The minimum atomic E-state index is 0.537. The van der Waals surface area contributed by atoms with Crippen molar-refractivity contribution in [2.75, 3.05) is 0 Å². The maximum Gasteiger partial charge on any atom is 0.131 e. The summed E-state index contributed by atoms with van der Waals surface area (Å²) in [4.78, 5) is 4.37. The van der Waals surface area contributed by atoms with E-state index < -0.39 is 0 Å². The second kappa shape index (κ2) is 5.99. The van der Waals surface area contributed by atoms with Crippen LogP contribution in [0.2, 0.25) is 0 Å². The summed E-state index contributed by atoms with van der Waals surface area (Å²) in [7, 11) is 0. The van der Waals surface area contributed by atoms with Crippen molar-refractivity contribution in [1.82, 2.24) is 0 Å². The van der Waals surface area contributed by atoms with Crippen molar-refractivity contribution in [2.45, 2.75) is 6.54 Å². The Labute approximate surface area is 114 Å². The van der Waals surface area contributed by atoms with Crippen LogP contribution in [0.4, 0.5) is 0 Å². The molecular weight excluding hydrogens is 298 g/mol. The lowest BCUT2D eigenvalue weighted by Crippen LogP contribution is -1.92. The van der Waals surface area contributed by atoms with Crippen LogP contribution in [0, 0.1) is 0 Å². The number of halogens is 2. The highest BCUT2D eigenvalue weighted by molar-refractivity contribution is 9.10. The number of benzene rings is 2. The van der Waals surface area contributed by atoms with Crippen LogP contribution in [-0.4, -0.2) is 5.17 Å². The summed E-state index contributed by atoms with van der Waals surface area (Å²) in [5, 5.41) is 0.537. The van der Waals surface area contributed by atoms with Crippen LogP contribution in [0.15, 0.2) is 64.1 Å². The van der Waals surface area contributed by atoms with E-state index in [4.69, 9.17) is 11.6 Å². The highest BCUT2D eigenvalue weighted by Gasteiger charge is 2.00. The summed E-state index contributed by atoms with van der Waals surface area (Å²) in [6.07, 6.45) is 0. The Morgan fingerprint density at radius 3 is 2.53 bits per heavy atom. The van der Waals surface area contributed by atoms with E-state index in [9.17, 15) is 0 Å². The van der Waals surface area contributed by atoms with Crippen molar-refractivity contribution in [3.05, 3.63) is 70.2 Å². The van der Waals surface area contributed by atoms with Gasteiger partial charge in [0.25, 0.3) is 0 Å². The van der Waals surface area contributed by atoms with Crippen LogP contribution in [0.1, 0.15) is 11.1 Å². The molecule has 0 heterocycles. The molecule has 1 nitrogen and oxygen atoms in total. The average Bonchev–Trinajstić information content (AvgIpc) is 2.37. The number of aliphatic imine (C=N–C) groups is 1. The molecular formula is C14H11BrClN. The first-order valence-corrected chi connectivity index (χ1v) is 6.42. The average molecular weight is 309 g/mol. The Morgan fingerprint density at radius 2 is 1.82 bits per heavy atom. The molecule has 86 valence electrons. The Morgan fingerprint density at radius 1 is 1.06 bits per heavy atom. The molecule has 3 heteroatoms. The lowest BCUT2D eigenvalue weighted by molar-refractivity contribution is 1.07. The standard InChI is InChI=1S/C14H11BrClN/c15-13-8-4-7-12(9-13)14(16)17-10-11-5-2-1-3-6-11/h1-9H,10H2. The lowest BCUT2D eigenvalue weighted by Gasteiger charge is -2.00. The molecule has 0 saturated heterocycles. The zero-order valence-corrected chi connectivity index (χ0v) is 11.4. The number of hydrogen-bond acceptors (Lipinski definition) is 1. The van der Waals surface area contributed by atoms with Crippen LogP contribution in [0.5, 0.6) is 0 Å². The van der Waals surface area contributed by atoms with Gasteiger partial charge in [-0.15, -0.1) is 0 Å². The van der Waals surface area contributed by atoms with Crippen molar-refractivity contribution in [1.29, 1.82) is 0 Å². The van der Waals surface area contributed by atoms with Crippen LogP contribution < -0.4 is 0 Å². The fraction of sp³-hybridized carbons (Fsp3) is 0.0714. The highest BCUT2D eigenvalue weighted by Crippen LogP contribution is 2.14. The van der Waals surface area contributed by atoms with E-state index in [1.54, 1.807) is 0 Å². The Bertz CT molecular complexity index is 523. The summed E-state index contributed by atoms with van der Waals surface area (Å²) in [5.41, 5.74) is 2.08. The quantitative estimate of drug-likeness (QED) is 0.733. The van der Waals surface area contributed by atoms with Crippen LogP contribution in [0.3, 0.4) is 0 Å². The van der Waals surface area contributed by atoms with E-state index >= 15 is 0 Å². The smallest absolute Gasteiger partial charge is 0.131 e. The van der Waals surface area contributed by atoms with Gasteiger partial charge in [-0.1, -0.05) is 70.0 Å². The van der Waals surface area contributed by atoms with E-state index in [-0.39, 0.29) is 0 Å². The molecule has 0 fully saturated rings. The first-order chi connectivity index (χ1) is 8.25. The first-order valence-electron chi connectivity index (χ1n) is 5.25. The first kappa shape index (κ1) is 12.3. The van der Waals surface area contributed by atoms with Crippen molar-refractivity contribution in [3.63, 3.8) is 0 Å². The third-order valence-corrected chi connectivity index (χ3v) is 3.14. The van der Waals surface area contributed by atoms with Gasteiger partial charge in [-0.25, -0.2) is 0 Å². The van der Waals surface area contributed by atoms with Gasteiger partial charge in [-0.05, 0) is 17.7 Å². The van der Waals surface area contributed by atoms with Crippen molar-refractivity contribution in [2.24, 2.45) is 4.99 Å². The SMILES string of the molecule is ClC(=NCc1ccccc1)c1cccc(Br)c1. The fourth-order valence-corrected chi connectivity index (χ4v) is 2.03. The molecule has 0 atom stereocenters. The van der Waals surface area contributed by atoms with E-state index in [0.717, 1.165) is 15.6 Å². The topological polar surface area (TPSA) is 12.4 Å². The van der Waals surface area contributed by atoms with Gasteiger partial charge < -0.3 is 0 Å². The second-order valence-electron chi connectivity index (χ2n) is 3.60. The van der Waals surface area contributed by atoms with Crippen LogP contribution >= 0.6 is 27.5 Å². The molecule has 2 aromatic rings. The highest BCUT2D eigenvalue weighted by atomic mass is 79.9. The van der Waals surface area contributed by atoms with Gasteiger partial charge in [0.1, 0.15) is 5.17 Å².